The Bertz CT molecular complexity index is 652. The Morgan fingerprint density at radius 2 is 1.76 bits per heavy atom. The third-order valence-corrected chi connectivity index (χ3v) is 2.92. The van der Waals surface area contributed by atoms with Crippen LogP contribution in [0.1, 0.15) is 5.56 Å². The lowest BCUT2D eigenvalue weighted by Gasteiger charge is -2.08. The number of thioether (sulfide) groups is 1. The molecule has 0 atom stereocenters. The van der Waals surface area contributed by atoms with Crippen LogP contribution in [-0.2, 0) is 6.18 Å². The molecule has 0 saturated heterocycles. The van der Waals surface area contributed by atoms with Crippen LogP contribution in [0.5, 0.6) is 0 Å². The monoisotopic (exact) mass is 348 g/mol. The Labute approximate surface area is 122 Å². The van der Waals surface area contributed by atoms with E-state index in [1.54, 1.807) is 0 Å². The van der Waals surface area contributed by atoms with Gasteiger partial charge in [-0.05, 0) is 6.07 Å². The van der Waals surface area contributed by atoms with E-state index in [9.17, 15) is 26.3 Å². The van der Waals surface area contributed by atoms with E-state index < -0.39 is 39.2 Å². The van der Waals surface area contributed by atoms with Crippen LogP contribution in [0.2, 0.25) is 5.02 Å². The molecule has 0 N–H and O–H groups in total. The van der Waals surface area contributed by atoms with Gasteiger partial charge in [0.25, 0.3) is 0 Å². The van der Waals surface area contributed by atoms with Crippen molar-refractivity contribution < 1.29 is 26.3 Å². The van der Waals surface area contributed by atoms with Crippen LogP contribution in [0.3, 0.4) is 0 Å². The highest BCUT2D eigenvalue weighted by Crippen LogP contribution is 2.35. The maximum absolute atomic E-state index is 12.4. The summed E-state index contributed by atoms with van der Waals surface area (Å²) in [6.45, 7) is 0. The fourth-order valence-electron chi connectivity index (χ4n) is 1.25. The van der Waals surface area contributed by atoms with Crippen LogP contribution in [-0.4, -0.2) is 25.3 Å². The summed E-state index contributed by atoms with van der Waals surface area (Å²) in [7, 11) is 0. The van der Waals surface area contributed by atoms with E-state index in [1.165, 1.54) is 0 Å². The number of rotatable bonds is 2. The Morgan fingerprint density at radius 3 is 2.29 bits per heavy atom. The molecule has 0 bridgehead atoms. The van der Waals surface area contributed by atoms with E-state index >= 15 is 0 Å². The van der Waals surface area contributed by atoms with Crippen LogP contribution in [0.15, 0.2) is 23.7 Å². The maximum Gasteiger partial charge on any atom is 0.449 e. The molecule has 114 valence electrons. The highest BCUT2D eigenvalue weighted by Gasteiger charge is 2.33. The van der Waals surface area contributed by atoms with Gasteiger partial charge in [-0.3, -0.25) is 0 Å². The molecule has 2 aromatic heterocycles. The predicted molar refractivity (Wildman–Crippen MR) is 61.1 cm³/mol. The summed E-state index contributed by atoms with van der Waals surface area (Å²) in [4.78, 5) is 6.81. The SMILES string of the molecule is FC(F)(F)Sc1ncn(-c2ncc(C(F)(F)F)cc2Cl)n1. The smallest absolute Gasteiger partial charge is 0.235 e. The van der Waals surface area contributed by atoms with Gasteiger partial charge in [0.1, 0.15) is 6.33 Å². The third-order valence-electron chi connectivity index (χ3n) is 2.04. The van der Waals surface area contributed by atoms with Crippen molar-refractivity contribution in [2.24, 2.45) is 0 Å². The predicted octanol–water partition coefficient (Wildman–Crippen LogP) is 3.95. The van der Waals surface area contributed by atoms with E-state index in [0.29, 0.717) is 12.3 Å². The zero-order chi connectivity index (χ0) is 15.8. The van der Waals surface area contributed by atoms with Gasteiger partial charge in [-0.2, -0.15) is 26.3 Å². The average Bonchev–Trinajstić information content (AvgIpc) is 2.73. The van der Waals surface area contributed by atoms with E-state index in [1.807, 2.05) is 0 Å². The van der Waals surface area contributed by atoms with Gasteiger partial charge in [0.15, 0.2) is 5.82 Å². The molecule has 0 aliphatic heterocycles. The molecule has 0 saturated carbocycles. The fraction of sp³-hybridized carbons (Fsp3) is 0.222. The van der Waals surface area contributed by atoms with Crippen LogP contribution < -0.4 is 0 Å². The lowest BCUT2D eigenvalue weighted by atomic mass is 10.3. The second-order valence-corrected chi connectivity index (χ2v) is 4.99. The van der Waals surface area contributed by atoms with E-state index in [4.69, 9.17) is 11.6 Å². The van der Waals surface area contributed by atoms with Crippen molar-refractivity contribution in [2.45, 2.75) is 16.8 Å². The Balaban J connectivity index is 2.31. The van der Waals surface area contributed by atoms with Gasteiger partial charge in [0.2, 0.25) is 5.16 Å². The fourth-order valence-corrected chi connectivity index (χ4v) is 1.94. The summed E-state index contributed by atoms with van der Waals surface area (Å²) in [6.07, 6.45) is -3.26. The molecule has 0 amide bonds. The lowest BCUT2D eigenvalue weighted by molar-refractivity contribution is -0.137. The molecule has 0 fully saturated rings. The van der Waals surface area contributed by atoms with Crippen LogP contribution in [0.4, 0.5) is 26.3 Å². The number of pyridine rings is 1. The molecule has 2 heterocycles. The summed E-state index contributed by atoms with van der Waals surface area (Å²) in [5, 5.41) is 2.40. The number of alkyl halides is 6. The van der Waals surface area contributed by atoms with E-state index in [2.05, 4.69) is 15.1 Å². The molecule has 0 unspecified atom stereocenters. The second kappa shape index (κ2) is 5.37. The normalized spacial score (nSPS) is 12.7. The van der Waals surface area contributed by atoms with Gasteiger partial charge in [0.05, 0.1) is 10.6 Å². The van der Waals surface area contributed by atoms with Crippen molar-refractivity contribution in [2.75, 3.05) is 0 Å². The van der Waals surface area contributed by atoms with Crippen molar-refractivity contribution in [1.29, 1.82) is 0 Å². The van der Waals surface area contributed by atoms with Crippen molar-refractivity contribution in [3.8, 4) is 5.82 Å². The van der Waals surface area contributed by atoms with Crippen molar-refractivity contribution in [3.05, 3.63) is 29.2 Å². The number of aromatic nitrogens is 4. The minimum atomic E-state index is -4.63. The molecule has 0 radical (unpaired) electrons. The highest BCUT2D eigenvalue weighted by molar-refractivity contribution is 8.00. The van der Waals surface area contributed by atoms with E-state index in [0.717, 1.165) is 11.0 Å². The standard InChI is InChI=1S/C9H3ClF6N4S/c10-5-1-4(8(11,12)13)2-17-6(5)20-3-18-7(19-20)21-9(14,15)16/h1-3H. The molecule has 2 rings (SSSR count). The van der Waals surface area contributed by atoms with Gasteiger partial charge >= 0.3 is 11.7 Å². The summed E-state index contributed by atoms with van der Waals surface area (Å²) in [5.41, 5.74) is -5.66. The van der Waals surface area contributed by atoms with Crippen LogP contribution in [0.25, 0.3) is 5.82 Å². The largest absolute Gasteiger partial charge is 0.449 e. The first-order valence-electron chi connectivity index (χ1n) is 4.97. The molecule has 0 aliphatic carbocycles. The molecular formula is C9H3ClF6N4S. The molecule has 4 nitrogen and oxygen atoms in total. The van der Waals surface area contributed by atoms with Crippen LogP contribution >= 0.6 is 23.4 Å². The van der Waals surface area contributed by atoms with Gasteiger partial charge in [-0.15, -0.1) is 5.10 Å². The zero-order valence-corrected chi connectivity index (χ0v) is 11.1. The first kappa shape index (κ1) is 15.9. The van der Waals surface area contributed by atoms with Crippen molar-refractivity contribution in [3.63, 3.8) is 0 Å². The lowest BCUT2D eigenvalue weighted by Crippen LogP contribution is -2.08. The van der Waals surface area contributed by atoms with Gasteiger partial charge < -0.3 is 0 Å². The maximum atomic E-state index is 12.4. The number of hydrogen-bond donors (Lipinski definition) is 0. The third kappa shape index (κ3) is 4.00. The molecule has 0 aromatic carbocycles. The minimum absolute atomic E-state index is 0.258. The highest BCUT2D eigenvalue weighted by atomic mass is 35.5. The number of halogens is 7. The Kier molecular flexibility index (Phi) is 4.06. The van der Waals surface area contributed by atoms with Gasteiger partial charge in [-0.25, -0.2) is 14.6 Å². The molecule has 12 heteroatoms. The molecular weight excluding hydrogens is 346 g/mol. The van der Waals surface area contributed by atoms with Gasteiger partial charge in [0, 0.05) is 18.0 Å². The van der Waals surface area contributed by atoms with Crippen molar-refractivity contribution >= 4 is 23.4 Å². The molecule has 2 aromatic rings. The van der Waals surface area contributed by atoms with E-state index in [-0.39, 0.29) is 5.82 Å². The molecule has 0 spiro atoms. The first-order valence-corrected chi connectivity index (χ1v) is 6.16. The zero-order valence-electron chi connectivity index (χ0n) is 9.57. The van der Waals surface area contributed by atoms with Crippen molar-refractivity contribution in [1.82, 2.24) is 19.7 Å². The Hall–Kier alpha value is -1.49. The Morgan fingerprint density at radius 1 is 1.10 bits per heavy atom. The molecule has 21 heavy (non-hydrogen) atoms. The van der Waals surface area contributed by atoms with Crippen LogP contribution in [0, 0.1) is 0 Å². The number of hydrogen-bond acceptors (Lipinski definition) is 4. The minimum Gasteiger partial charge on any atom is -0.235 e. The summed E-state index contributed by atoms with van der Waals surface area (Å²) < 4.78 is 74.4. The first-order chi connectivity index (χ1) is 9.56. The topological polar surface area (TPSA) is 43.6 Å². The quantitative estimate of drug-likeness (QED) is 0.609. The number of nitrogens with zero attached hydrogens (tertiary/aromatic N) is 4. The van der Waals surface area contributed by atoms with Gasteiger partial charge in [-0.1, -0.05) is 11.6 Å². The average molecular weight is 349 g/mol. The summed E-state index contributed by atoms with van der Waals surface area (Å²) in [6, 6.07) is 0.599. The summed E-state index contributed by atoms with van der Waals surface area (Å²) >= 11 is 5.07. The summed E-state index contributed by atoms with van der Waals surface area (Å²) in [5.74, 6) is -0.258. The second-order valence-electron chi connectivity index (χ2n) is 3.55. The molecule has 0 aliphatic rings.